The third kappa shape index (κ3) is 2.97. The predicted molar refractivity (Wildman–Crippen MR) is 59.0 cm³/mol. The van der Waals surface area contributed by atoms with Crippen molar-refractivity contribution in [2.75, 3.05) is 0 Å². The summed E-state index contributed by atoms with van der Waals surface area (Å²) in [6.45, 7) is 0. The van der Waals surface area contributed by atoms with Crippen LogP contribution in [-0.4, -0.2) is 0 Å². The number of nitrogens with one attached hydrogen (secondary N) is 1. The number of benzene rings is 2. The van der Waals surface area contributed by atoms with E-state index in [0.717, 1.165) is 11.1 Å². The summed E-state index contributed by atoms with van der Waals surface area (Å²) < 4.78 is 0. The van der Waals surface area contributed by atoms with Crippen LogP contribution in [0, 0.1) is 0 Å². The topological polar surface area (TPSA) is 23.8 Å². The first-order valence-electron chi connectivity index (χ1n) is 4.69. The maximum atomic E-state index is 8.05. The van der Waals surface area contributed by atoms with Crippen molar-refractivity contribution in [2.45, 2.75) is 6.04 Å². The van der Waals surface area contributed by atoms with Gasteiger partial charge < -0.3 is 5.73 Å². The number of hydrogen-bond donors (Lipinski definition) is 0. The summed E-state index contributed by atoms with van der Waals surface area (Å²) in [6, 6.07) is 19.5. The first kappa shape index (κ1) is 12.1. The molecule has 0 unspecified atom stereocenters. The first-order valence-corrected chi connectivity index (χ1v) is 4.69. The Bertz CT molecular complexity index is 346. The van der Waals surface area contributed by atoms with E-state index >= 15 is 0 Å². The number of hydrogen-bond acceptors (Lipinski definition) is 0. The van der Waals surface area contributed by atoms with E-state index in [1.165, 1.54) is 0 Å². The van der Waals surface area contributed by atoms with E-state index in [2.05, 4.69) is 0 Å². The molecule has 2 rings (SSSR count). The third-order valence-corrected chi connectivity index (χ3v) is 2.27. The molecule has 0 saturated carbocycles. The summed E-state index contributed by atoms with van der Waals surface area (Å²) in [6.07, 6.45) is 0. The molecular weight excluding hydrogens is 177 g/mol. The van der Waals surface area contributed by atoms with Gasteiger partial charge in [-0.1, -0.05) is 77.8 Å². The minimum absolute atomic E-state index is 0. The van der Waals surface area contributed by atoms with Crippen molar-refractivity contribution in [3.63, 3.8) is 0 Å². The van der Waals surface area contributed by atoms with E-state index in [4.69, 9.17) is 5.73 Å². The monoisotopic (exact) mass is 189 g/mol. The van der Waals surface area contributed by atoms with Crippen molar-refractivity contribution in [3.05, 3.63) is 77.5 Å². The molecule has 0 aliphatic heterocycles. The summed E-state index contributed by atoms with van der Waals surface area (Å²) in [5, 5.41) is 0. The van der Waals surface area contributed by atoms with E-state index in [1.54, 1.807) is 0 Å². The molecule has 0 radical (unpaired) electrons. The van der Waals surface area contributed by atoms with Gasteiger partial charge >= 0.3 is 18.9 Å². The van der Waals surface area contributed by atoms with Gasteiger partial charge in [0.2, 0.25) is 0 Å². The van der Waals surface area contributed by atoms with Gasteiger partial charge in [-0.05, 0) is 0 Å². The molecular formula is C13H12LiN. The Morgan fingerprint density at radius 2 is 1.00 bits per heavy atom. The van der Waals surface area contributed by atoms with Gasteiger partial charge in [-0.15, -0.1) is 0 Å². The van der Waals surface area contributed by atoms with Crippen LogP contribution in [0.25, 0.3) is 5.73 Å². The van der Waals surface area contributed by atoms with Crippen LogP contribution in [0.4, 0.5) is 0 Å². The Balaban J connectivity index is 0.00000112. The molecule has 0 spiro atoms. The van der Waals surface area contributed by atoms with Crippen molar-refractivity contribution >= 4 is 0 Å². The minimum atomic E-state index is -0.266. The summed E-state index contributed by atoms with van der Waals surface area (Å²) in [5.41, 5.74) is 10.1. The van der Waals surface area contributed by atoms with Gasteiger partial charge in [0, 0.05) is 0 Å². The van der Waals surface area contributed by atoms with Crippen molar-refractivity contribution in [2.24, 2.45) is 0 Å². The zero-order valence-electron chi connectivity index (χ0n) is 8.85. The molecule has 0 fully saturated rings. The zero-order chi connectivity index (χ0) is 9.80. The van der Waals surface area contributed by atoms with Crippen molar-refractivity contribution in [3.8, 4) is 0 Å². The Morgan fingerprint density at radius 1 is 0.667 bits per heavy atom. The van der Waals surface area contributed by atoms with E-state index in [1.807, 2.05) is 60.7 Å². The van der Waals surface area contributed by atoms with E-state index in [9.17, 15) is 0 Å². The molecule has 0 aliphatic carbocycles. The van der Waals surface area contributed by atoms with Gasteiger partial charge in [-0.25, -0.2) is 0 Å². The fourth-order valence-corrected chi connectivity index (χ4v) is 1.48. The molecule has 0 bridgehead atoms. The number of rotatable bonds is 2. The molecule has 0 aromatic heterocycles. The normalized spacial score (nSPS) is 9.73. The van der Waals surface area contributed by atoms with Crippen LogP contribution in [0.5, 0.6) is 0 Å². The minimum Gasteiger partial charge on any atom is -0.667 e. The van der Waals surface area contributed by atoms with Crippen LogP contribution in [0.3, 0.4) is 0 Å². The maximum absolute atomic E-state index is 8.05. The van der Waals surface area contributed by atoms with Crippen LogP contribution in [0.2, 0.25) is 0 Å². The van der Waals surface area contributed by atoms with Gasteiger partial charge in [0.05, 0.1) is 0 Å². The summed E-state index contributed by atoms with van der Waals surface area (Å²) in [4.78, 5) is 0. The molecule has 70 valence electrons. The predicted octanol–water partition coefficient (Wildman–Crippen LogP) is 0.832. The molecule has 2 aromatic carbocycles. The quantitative estimate of drug-likeness (QED) is 0.625. The van der Waals surface area contributed by atoms with Crippen LogP contribution in [-0.2, 0) is 0 Å². The Kier molecular flexibility index (Phi) is 4.65. The molecule has 1 nitrogen and oxygen atoms in total. The van der Waals surface area contributed by atoms with E-state index in [-0.39, 0.29) is 24.9 Å². The molecule has 15 heavy (non-hydrogen) atoms. The van der Waals surface area contributed by atoms with Crippen LogP contribution >= 0.6 is 0 Å². The summed E-state index contributed by atoms with van der Waals surface area (Å²) >= 11 is 0. The standard InChI is InChI=1S/C13H12N.Li/c14-13(11-7-3-1-4-8-11)12-9-5-2-6-10-12;/h1-10,13-14H;/q-1;+1. The fourth-order valence-electron chi connectivity index (χ4n) is 1.48. The second kappa shape index (κ2) is 5.78. The van der Waals surface area contributed by atoms with Crippen LogP contribution in [0.1, 0.15) is 17.2 Å². The average Bonchev–Trinajstić information content (AvgIpc) is 2.30. The van der Waals surface area contributed by atoms with Crippen molar-refractivity contribution in [1.29, 1.82) is 0 Å². The fraction of sp³-hybridized carbons (Fsp3) is 0.0769. The van der Waals surface area contributed by atoms with Crippen LogP contribution < -0.4 is 18.9 Å². The molecule has 0 saturated heterocycles. The third-order valence-electron chi connectivity index (χ3n) is 2.27. The molecule has 0 aliphatic rings. The Labute approximate surface area is 102 Å². The summed E-state index contributed by atoms with van der Waals surface area (Å²) in [5.74, 6) is 0. The van der Waals surface area contributed by atoms with Crippen molar-refractivity contribution in [1.82, 2.24) is 0 Å². The Morgan fingerprint density at radius 3 is 1.33 bits per heavy atom. The van der Waals surface area contributed by atoms with Gasteiger partial charge in [-0.3, -0.25) is 0 Å². The van der Waals surface area contributed by atoms with Gasteiger partial charge in [0.15, 0.2) is 0 Å². The molecule has 2 heteroatoms. The average molecular weight is 189 g/mol. The molecule has 2 aromatic rings. The van der Waals surface area contributed by atoms with Crippen LogP contribution in [0.15, 0.2) is 60.7 Å². The maximum Gasteiger partial charge on any atom is 1.00 e. The molecule has 0 amide bonds. The summed E-state index contributed by atoms with van der Waals surface area (Å²) in [7, 11) is 0. The second-order valence-corrected chi connectivity index (χ2v) is 3.25. The zero-order valence-corrected chi connectivity index (χ0v) is 8.85. The van der Waals surface area contributed by atoms with Gasteiger partial charge in [0.1, 0.15) is 0 Å². The van der Waals surface area contributed by atoms with E-state index < -0.39 is 0 Å². The largest absolute Gasteiger partial charge is 1.00 e. The first-order chi connectivity index (χ1) is 6.88. The van der Waals surface area contributed by atoms with Gasteiger partial charge in [0.25, 0.3) is 0 Å². The molecule has 0 atom stereocenters. The molecule has 1 N–H and O–H groups in total. The SMILES string of the molecule is [Li+].[NH-]C(c1ccccc1)c1ccccc1. The molecule has 0 heterocycles. The Hall–Kier alpha value is -1.00. The van der Waals surface area contributed by atoms with Crippen molar-refractivity contribution < 1.29 is 18.9 Å². The van der Waals surface area contributed by atoms with E-state index in [0.29, 0.717) is 0 Å². The van der Waals surface area contributed by atoms with Gasteiger partial charge in [-0.2, -0.15) is 0 Å². The smallest absolute Gasteiger partial charge is 0.667 e. The second-order valence-electron chi connectivity index (χ2n) is 3.25.